The zero-order chi connectivity index (χ0) is 21.6. The maximum Gasteiger partial charge on any atom is 0.187 e. The fourth-order valence-corrected chi connectivity index (χ4v) is 3.75. The number of aliphatic hydroxyl groups is 1. The number of methoxy groups -OCH3 is 1. The summed E-state index contributed by atoms with van der Waals surface area (Å²) in [5.74, 6) is 0.770. The number of rotatable bonds is 8. The number of fused-ring (bicyclic) bond motifs is 1. The predicted molar refractivity (Wildman–Crippen MR) is 112 cm³/mol. The first kappa shape index (κ1) is 22.0. The van der Waals surface area contributed by atoms with Crippen LogP contribution in [0.15, 0.2) is 67.3 Å². The van der Waals surface area contributed by atoms with Crippen LogP contribution < -0.4 is 4.74 Å². The second-order valence-electron chi connectivity index (χ2n) is 7.46. The van der Waals surface area contributed by atoms with Crippen molar-refractivity contribution >= 4 is 0 Å². The van der Waals surface area contributed by atoms with E-state index in [0.29, 0.717) is 13.2 Å². The fraction of sp³-hybridized carbons (Fsp3) is 0.417. The number of aliphatic hydroxyl groups excluding tert-OH is 1. The fourth-order valence-electron chi connectivity index (χ4n) is 3.75. The third kappa shape index (κ3) is 5.15. The Kier molecular flexibility index (Phi) is 7.34. The lowest BCUT2D eigenvalue weighted by molar-refractivity contribution is -0.365. The van der Waals surface area contributed by atoms with E-state index in [4.69, 9.17) is 28.4 Å². The van der Waals surface area contributed by atoms with Crippen molar-refractivity contribution in [3.63, 3.8) is 0 Å². The number of benzene rings is 2. The second kappa shape index (κ2) is 10.4. The van der Waals surface area contributed by atoms with Crippen molar-refractivity contribution in [1.29, 1.82) is 0 Å². The molecule has 0 unspecified atom stereocenters. The minimum Gasteiger partial charge on any atom is -0.497 e. The summed E-state index contributed by atoms with van der Waals surface area (Å²) >= 11 is 0. The zero-order valence-corrected chi connectivity index (χ0v) is 17.5. The summed E-state index contributed by atoms with van der Waals surface area (Å²) in [7, 11) is 1.62. The van der Waals surface area contributed by atoms with E-state index in [1.807, 2.05) is 54.6 Å². The molecule has 2 fully saturated rings. The molecule has 4 rings (SSSR count). The molecule has 0 saturated carbocycles. The van der Waals surface area contributed by atoms with Crippen LogP contribution in [0.5, 0.6) is 5.75 Å². The number of hydrogen-bond acceptors (Lipinski definition) is 7. The third-order valence-electron chi connectivity index (χ3n) is 5.36. The molecule has 7 nitrogen and oxygen atoms in total. The molecular weight excluding hydrogens is 400 g/mol. The van der Waals surface area contributed by atoms with Gasteiger partial charge in [-0.05, 0) is 17.7 Å². The first-order valence-electron chi connectivity index (χ1n) is 10.3. The molecule has 6 atom stereocenters. The highest BCUT2D eigenvalue weighted by molar-refractivity contribution is 5.26. The summed E-state index contributed by atoms with van der Waals surface area (Å²) in [6, 6.07) is 17.3. The Hall–Kier alpha value is -2.26. The molecule has 0 bridgehead atoms. The molecule has 7 heteroatoms. The molecule has 166 valence electrons. The van der Waals surface area contributed by atoms with Gasteiger partial charge in [-0.25, -0.2) is 0 Å². The highest BCUT2D eigenvalue weighted by atomic mass is 16.8. The molecule has 1 N–H and O–H groups in total. The molecule has 0 aliphatic carbocycles. The highest BCUT2D eigenvalue weighted by Gasteiger charge is 2.50. The van der Waals surface area contributed by atoms with Gasteiger partial charge in [-0.3, -0.25) is 0 Å². The molecular formula is C24H28O7. The Balaban J connectivity index is 1.50. The highest BCUT2D eigenvalue weighted by Crippen LogP contribution is 2.36. The van der Waals surface area contributed by atoms with Gasteiger partial charge < -0.3 is 33.5 Å². The van der Waals surface area contributed by atoms with Gasteiger partial charge in [0.05, 0.1) is 26.9 Å². The average Bonchev–Trinajstić information content (AvgIpc) is 2.83. The molecule has 2 aliphatic rings. The Bertz CT molecular complexity index is 826. The van der Waals surface area contributed by atoms with Gasteiger partial charge in [0.1, 0.15) is 30.2 Å². The van der Waals surface area contributed by atoms with Crippen molar-refractivity contribution in [1.82, 2.24) is 0 Å². The van der Waals surface area contributed by atoms with E-state index in [2.05, 4.69) is 6.58 Å². The van der Waals surface area contributed by atoms with Crippen molar-refractivity contribution in [2.45, 2.75) is 43.6 Å². The van der Waals surface area contributed by atoms with E-state index in [1.54, 1.807) is 13.2 Å². The Morgan fingerprint density at radius 2 is 1.84 bits per heavy atom. The molecule has 2 saturated heterocycles. The average molecular weight is 428 g/mol. The lowest BCUT2D eigenvalue weighted by atomic mass is 9.97. The smallest absolute Gasteiger partial charge is 0.187 e. The van der Waals surface area contributed by atoms with E-state index in [-0.39, 0.29) is 6.61 Å². The summed E-state index contributed by atoms with van der Waals surface area (Å²) in [4.78, 5) is 0. The topological polar surface area (TPSA) is 75.6 Å². The summed E-state index contributed by atoms with van der Waals surface area (Å²) in [6.45, 7) is 4.49. The van der Waals surface area contributed by atoms with Crippen molar-refractivity contribution in [2.75, 3.05) is 20.3 Å². The Labute approximate surface area is 182 Å². The minimum atomic E-state index is -1.03. The van der Waals surface area contributed by atoms with Crippen LogP contribution in [-0.4, -0.2) is 56.1 Å². The number of ether oxygens (including phenoxy) is 6. The normalized spacial score (nSPS) is 30.4. The third-order valence-corrected chi connectivity index (χ3v) is 5.36. The van der Waals surface area contributed by atoms with Crippen LogP contribution in [0, 0.1) is 0 Å². The maximum atomic E-state index is 11.0. The molecule has 2 aromatic rings. The van der Waals surface area contributed by atoms with Crippen molar-refractivity contribution in [3.8, 4) is 5.75 Å². The van der Waals surface area contributed by atoms with Gasteiger partial charge in [0.25, 0.3) is 0 Å². The summed E-state index contributed by atoms with van der Waals surface area (Å²) < 4.78 is 35.0. The standard InChI is InChI=1S/C24H28O7/c1-3-13-27-24-20(25)22(28-14-16-9-11-18(26-2)12-10-16)21-19(30-24)15-29-23(31-21)17-7-5-4-6-8-17/h3-12,19-25H,1,13-15H2,2H3/t19-,20+,21-,22-,23-,24+/m1/s1. The van der Waals surface area contributed by atoms with Gasteiger partial charge in [-0.1, -0.05) is 48.5 Å². The van der Waals surface area contributed by atoms with Gasteiger partial charge in [0.15, 0.2) is 12.6 Å². The van der Waals surface area contributed by atoms with Crippen LogP contribution >= 0.6 is 0 Å². The van der Waals surface area contributed by atoms with E-state index in [1.165, 1.54) is 0 Å². The van der Waals surface area contributed by atoms with Crippen LogP contribution in [0.25, 0.3) is 0 Å². The van der Waals surface area contributed by atoms with E-state index < -0.39 is 37.0 Å². The minimum absolute atomic E-state index is 0.249. The predicted octanol–water partition coefficient (Wildman–Crippen LogP) is 2.98. The monoisotopic (exact) mass is 428 g/mol. The van der Waals surface area contributed by atoms with Crippen LogP contribution in [-0.2, 0) is 30.3 Å². The Morgan fingerprint density at radius 1 is 1.06 bits per heavy atom. The van der Waals surface area contributed by atoms with Gasteiger partial charge in [-0.2, -0.15) is 0 Å². The lowest BCUT2D eigenvalue weighted by Crippen LogP contribution is -2.63. The molecule has 2 heterocycles. The molecule has 0 amide bonds. The van der Waals surface area contributed by atoms with Crippen molar-refractivity contribution < 1.29 is 33.5 Å². The summed E-state index contributed by atoms with van der Waals surface area (Å²) in [5.41, 5.74) is 1.85. The van der Waals surface area contributed by atoms with E-state index in [0.717, 1.165) is 16.9 Å². The maximum absolute atomic E-state index is 11.0. The quantitative estimate of drug-likeness (QED) is 0.648. The second-order valence-corrected chi connectivity index (χ2v) is 7.46. The summed E-state index contributed by atoms with van der Waals surface area (Å²) in [5, 5.41) is 11.0. The van der Waals surface area contributed by atoms with Crippen LogP contribution in [0.3, 0.4) is 0 Å². The van der Waals surface area contributed by atoms with Gasteiger partial charge >= 0.3 is 0 Å². The van der Waals surface area contributed by atoms with E-state index >= 15 is 0 Å². The van der Waals surface area contributed by atoms with Crippen molar-refractivity contribution in [3.05, 3.63) is 78.4 Å². The first-order chi connectivity index (χ1) is 15.2. The number of hydrogen-bond donors (Lipinski definition) is 1. The van der Waals surface area contributed by atoms with Crippen LogP contribution in [0.2, 0.25) is 0 Å². The summed E-state index contributed by atoms with van der Waals surface area (Å²) in [6.07, 6.45) is -2.46. The molecule has 0 spiro atoms. The lowest BCUT2D eigenvalue weighted by Gasteiger charge is -2.47. The largest absolute Gasteiger partial charge is 0.497 e. The van der Waals surface area contributed by atoms with Gasteiger partial charge in [-0.15, -0.1) is 6.58 Å². The SMILES string of the molecule is C=CCO[C@H]1O[C@@H]2CO[C@@H](c3ccccc3)O[C@H]2[C@H](OCc2ccc(OC)cc2)[C@@H]1O. The van der Waals surface area contributed by atoms with Crippen molar-refractivity contribution in [2.24, 2.45) is 0 Å². The van der Waals surface area contributed by atoms with Crippen LogP contribution in [0.1, 0.15) is 17.4 Å². The van der Waals surface area contributed by atoms with Gasteiger partial charge in [0, 0.05) is 5.56 Å². The van der Waals surface area contributed by atoms with Gasteiger partial charge in [0.2, 0.25) is 0 Å². The molecule has 2 aromatic carbocycles. The molecule has 0 radical (unpaired) electrons. The molecule has 0 aromatic heterocycles. The first-order valence-corrected chi connectivity index (χ1v) is 10.3. The zero-order valence-electron chi connectivity index (χ0n) is 17.5. The van der Waals surface area contributed by atoms with E-state index in [9.17, 15) is 5.11 Å². The Morgan fingerprint density at radius 3 is 2.55 bits per heavy atom. The molecule has 2 aliphatic heterocycles. The molecule has 31 heavy (non-hydrogen) atoms. The van der Waals surface area contributed by atoms with Crippen LogP contribution in [0.4, 0.5) is 0 Å².